The van der Waals surface area contributed by atoms with Gasteiger partial charge in [0.2, 0.25) is 0 Å². The van der Waals surface area contributed by atoms with Crippen molar-refractivity contribution in [3.8, 4) is 0 Å². The summed E-state index contributed by atoms with van der Waals surface area (Å²) in [7, 11) is 1.95. The molecule has 4 heteroatoms. The van der Waals surface area contributed by atoms with Gasteiger partial charge in [0.25, 0.3) is 0 Å². The summed E-state index contributed by atoms with van der Waals surface area (Å²) in [6, 6.07) is 0. The minimum Gasteiger partial charge on any atom is -0.329 e. The molecule has 0 bridgehead atoms. The van der Waals surface area contributed by atoms with Gasteiger partial charge in [-0.05, 0) is 7.05 Å². The maximum absolute atomic E-state index is 5.43. The standard InChI is InChI=1S/C7H20N4.6CH4/c1-10-4-7-11(5-2-8)6-3-9;;;;;;/h10H,2-9H2,1H3;6*1H4. The van der Waals surface area contributed by atoms with Gasteiger partial charge in [-0.15, -0.1) is 0 Å². The lowest BCUT2D eigenvalue weighted by atomic mass is 10.4. The summed E-state index contributed by atoms with van der Waals surface area (Å²) in [6.45, 7) is 5.34. The van der Waals surface area contributed by atoms with Crippen molar-refractivity contribution in [2.45, 2.75) is 44.6 Å². The van der Waals surface area contributed by atoms with E-state index < -0.39 is 0 Å². The van der Waals surface area contributed by atoms with Crippen LogP contribution in [0.25, 0.3) is 0 Å². The number of rotatable bonds is 7. The Balaban J connectivity index is -0.0000000333. The number of likely N-dealkylation sites (N-methyl/N-ethyl adjacent to an activating group) is 1. The van der Waals surface area contributed by atoms with E-state index in [0.717, 1.165) is 26.2 Å². The summed E-state index contributed by atoms with van der Waals surface area (Å²) in [5.41, 5.74) is 10.9. The smallest absolute Gasteiger partial charge is 0.0108 e. The highest BCUT2D eigenvalue weighted by molar-refractivity contribution is 4.59. The highest BCUT2D eigenvalue weighted by Crippen LogP contribution is 1.82. The second kappa shape index (κ2) is 36.0. The topological polar surface area (TPSA) is 67.3 Å². The van der Waals surface area contributed by atoms with Gasteiger partial charge in [0, 0.05) is 39.3 Å². The molecule has 0 atom stereocenters. The molecule has 0 aromatic rings. The Morgan fingerprint density at radius 2 is 1.12 bits per heavy atom. The lowest BCUT2D eigenvalue weighted by Gasteiger charge is -2.19. The minimum absolute atomic E-state index is 0. The van der Waals surface area contributed by atoms with Gasteiger partial charge in [0.05, 0.1) is 0 Å². The van der Waals surface area contributed by atoms with Crippen LogP contribution in [0.2, 0.25) is 0 Å². The molecular formula is C13H44N4. The van der Waals surface area contributed by atoms with Crippen molar-refractivity contribution >= 4 is 0 Å². The molecule has 0 rings (SSSR count). The number of hydrogen-bond donors (Lipinski definition) is 3. The molecular weight excluding hydrogens is 212 g/mol. The third kappa shape index (κ3) is 31.3. The fraction of sp³-hybridized carbons (Fsp3) is 1.00. The van der Waals surface area contributed by atoms with Gasteiger partial charge in [0.15, 0.2) is 0 Å². The Kier molecular flexibility index (Phi) is 92.5. The third-order valence-electron chi connectivity index (χ3n) is 1.57. The van der Waals surface area contributed by atoms with Gasteiger partial charge in [-0.2, -0.15) is 0 Å². The SMILES string of the molecule is C.C.C.C.C.C.CNCCN(CCN)CCN. The lowest BCUT2D eigenvalue weighted by molar-refractivity contribution is 0.290. The van der Waals surface area contributed by atoms with Gasteiger partial charge in [-0.25, -0.2) is 0 Å². The largest absolute Gasteiger partial charge is 0.329 e. The van der Waals surface area contributed by atoms with Crippen LogP contribution in [-0.4, -0.2) is 51.2 Å². The second-order valence-electron chi connectivity index (χ2n) is 2.52. The molecule has 0 heterocycles. The lowest BCUT2D eigenvalue weighted by Crippen LogP contribution is -2.37. The van der Waals surface area contributed by atoms with Crippen LogP contribution in [-0.2, 0) is 0 Å². The van der Waals surface area contributed by atoms with Crippen molar-refractivity contribution in [1.29, 1.82) is 0 Å². The van der Waals surface area contributed by atoms with Crippen molar-refractivity contribution < 1.29 is 0 Å². The second-order valence-corrected chi connectivity index (χ2v) is 2.52. The van der Waals surface area contributed by atoms with Crippen LogP contribution in [0.5, 0.6) is 0 Å². The first kappa shape index (κ1) is 43.6. The molecule has 17 heavy (non-hydrogen) atoms. The van der Waals surface area contributed by atoms with Crippen LogP contribution in [0, 0.1) is 0 Å². The van der Waals surface area contributed by atoms with Crippen molar-refractivity contribution in [1.82, 2.24) is 10.2 Å². The van der Waals surface area contributed by atoms with E-state index in [0.29, 0.717) is 13.1 Å². The number of nitrogens with one attached hydrogen (secondary N) is 1. The fourth-order valence-corrected chi connectivity index (χ4v) is 0.970. The zero-order valence-corrected chi connectivity index (χ0v) is 7.34. The van der Waals surface area contributed by atoms with Crippen LogP contribution >= 0.6 is 0 Å². The molecule has 5 N–H and O–H groups in total. The highest BCUT2D eigenvalue weighted by Gasteiger charge is 1.99. The molecule has 0 saturated carbocycles. The van der Waals surface area contributed by atoms with E-state index in [1.54, 1.807) is 0 Å². The van der Waals surface area contributed by atoms with E-state index in [4.69, 9.17) is 11.5 Å². The molecule has 0 spiro atoms. The van der Waals surface area contributed by atoms with Crippen molar-refractivity contribution in [3.63, 3.8) is 0 Å². The van der Waals surface area contributed by atoms with Crippen molar-refractivity contribution in [2.75, 3.05) is 46.3 Å². The zero-order valence-electron chi connectivity index (χ0n) is 7.34. The van der Waals surface area contributed by atoms with Crippen LogP contribution in [0.3, 0.4) is 0 Å². The van der Waals surface area contributed by atoms with Crippen LogP contribution in [0.1, 0.15) is 44.6 Å². The molecule has 4 nitrogen and oxygen atoms in total. The van der Waals surface area contributed by atoms with Gasteiger partial charge >= 0.3 is 0 Å². The number of hydrogen-bond acceptors (Lipinski definition) is 4. The average Bonchev–Trinajstić information content (AvgIpc) is 2.01. The summed E-state index contributed by atoms with van der Waals surface area (Å²) < 4.78 is 0. The van der Waals surface area contributed by atoms with E-state index >= 15 is 0 Å². The number of nitrogens with two attached hydrogens (primary N) is 2. The summed E-state index contributed by atoms with van der Waals surface area (Å²) >= 11 is 0. The van der Waals surface area contributed by atoms with E-state index in [2.05, 4.69) is 10.2 Å². The normalized spacial score (nSPS) is 7.06. The molecule has 0 aromatic heterocycles. The quantitative estimate of drug-likeness (QED) is 0.653. The summed E-state index contributed by atoms with van der Waals surface area (Å²) in [5.74, 6) is 0. The van der Waals surface area contributed by atoms with Crippen LogP contribution in [0.4, 0.5) is 0 Å². The Bertz CT molecular complexity index is 73.8. The first-order valence-corrected chi connectivity index (χ1v) is 4.12. The van der Waals surface area contributed by atoms with E-state index in [1.807, 2.05) is 7.05 Å². The van der Waals surface area contributed by atoms with Crippen molar-refractivity contribution in [2.24, 2.45) is 11.5 Å². The molecule has 0 aliphatic carbocycles. The Morgan fingerprint density at radius 3 is 1.35 bits per heavy atom. The molecule has 0 aliphatic rings. The number of nitrogens with zero attached hydrogens (tertiary/aromatic N) is 1. The summed E-state index contributed by atoms with van der Waals surface area (Å²) in [4.78, 5) is 2.26. The molecule has 0 unspecified atom stereocenters. The molecule has 0 radical (unpaired) electrons. The van der Waals surface area contributed by atoms with Crippen molar-refractivity contribution in [3.05, 3.63) is 0 Å². The molecule has 0 fully saturated rings. The van der Waals surface area contributed by atoms with Gasteiger partial charge < -0.3 is 16.8 Å². The predicted octanol–water partition coefficient (Wildman–Crippen LogP) is 2.24. The van der Waals surface area contributed by atoms with Gasteiger partial charge in [-0.3, -0.25) is 4.90 Å². The minimum atomic E-state index is 0. The molecule has 0 aliphatic heterocycles. The Labute approximate surface area is 113 Å². The van der Waals surface area contributed by atoms with Gasteiger partial charge in [-0.1, -0.05) is 44.6 Å². The van der Waals surface area contributed by atoms with Crippen LogP contribution in [0.15, 0.2) is 0 Å². The van der Waals surface area contributed by atoms with E-state index in [-0.39, 0.29) is 44.6 Å². The Hall–Kier alpha value is -0.160. The summed E-state index contributed by atoms with van der Waals surface area (Å²) in [5, 5.41) is 3.09. The first-order valence-electron chi connectivity index (χ1n) is 4.12. The maximum Gasteiger partial charge on any atom is 0.0108 e. The molecule has 116 valence electrons. The maximum atomic E-state index is 5.43. The molecule has 0 aromatic carbocycles. The predicted molar refractivity (Wildman–Crippen MR) is 88.9 cm³/mol. The first-order chi connectivity index (χ1) is 5.35. The molecule has 0 saturated heterocycles. The average molecular weight is 257 g/mol. The van der Waals surface area contributed by atoms with E-state index in [9.17, 15) is 0 Å². The fourth-order valence-electron chi connectivity index (χ4n) is 0.970. The monoisotopic (exact) mass is 256 g/mol. The zero-order chi connectivity index (χ0) is 8.53. The molecule has 0 amide bonds. The van der Waals surface area contributed by atoms with Gasteiger partial charge in [0.1, 0.15) is 0 Å². The summed E-state index contributed by atoms with van der Waals surface area (Å²) in [6.07, 6.45) is 0. The van der Waals surface area contributed by atoms with Crippen LogP contribution < -0.4 is 16.8 Å². The Morgan fingerprint density at radius 1 is 0.765 bits per heavy atom. The third-order valence-corrected chi connectivity index (χ3v) is 1.57. The highest BCUT2D eigenvalue weighted by atomic mass is 15.1. The van der Waals surface area contributed by atoms with E-state index in [1.165, 1.54) is 0 Å².